The third kappa shape index (κ3) is 2.98. The van der Waals surface area contributed by atoms with Crippen molar-refractivity contribution in [3.05, 3.63) is 18.3 Å². The van der Waals surface area contributed by atoms with E-state index in [9.17, 15) is 4.79 Å². The molecule has 2 heterocycles. The zero-order chi connectivity index (χ0) is 13.1. The monoisotopic (exact) mass is 248 g/mol. The average molecular weight is 248 g/mol. The van der Waals surface area contributed by atoms with Gasteiger partial charge in [0.25, 0.3) is 0 Å². The summed E-state index contributed by atoms with van der Waals surface area (Å²) in [6, 6.07) is 3.53. The van der Waals surface area contributed by atoms with Crippen molar-refractivity contribution in [3.8, 4) is 0 Å². The van der Waals surface area contributed by atoms with Crippen molar-refractivity contribution in [1.29, 1.82) is 0 Å². The van der Waals surface area contributed by atoms with Gasteiger partial charge in [-0.25, -0.2) is 4.98 Å². The van der Waals surface area contributed by atoms with Crippen molar-refractivity contribution >= 4 is 17.4 Å². The summed E-state index contributed by atoms with van der Waals surface area (Å²) in [5.74, 6) is 1.24. The summed E-state index contributed by atoms with van der Waals surface area (Å²) < 4.78 is 0. The topological polar surface area (TPSA) is 62.5 Å². The molecule has 0 spiro atoms. The fraction of sp³-hybridized carbons (Fsp3) is 0.538. The molecule has 2 N–H and O–H groups in total. The SMILES string of the molecule is CN1CCC(CC(=O)N(C)c2ccc(N)cn2)C1. The molecule has 0 aliphatic carbocycles. The molecule has 1 atom stereocenters. The number of hydrogen-bond acceptors (Lipinski definition) is 4. The maximum absolute atomic E-state index is 12.1. The lowest BCUT2D eigenvalue weighted by atomic mass is 10.0. The van der Waals surface area contributed by atoms with Crippen molar-refractivity contribution in [1.82, 2.24) is 9.88 Å². The zero-order valence-electron chi connectivity index (χ0n) is 11.0. The Balaban J connectivity index is 1.94. The first-order valence-electron chi connectivity index (χ1n) is 6.23. The maximum atomic E-state index is 12.1. The van der Waals surface area contributed by atoms with Crippen molar-refractivity contribution in [3.63, 3.8) is 0 Å². The van der Waals surface area contributed by atoms with Crippen molar-refractivity contribution in [2.24, 2.45) is 5.92 Å². The van der Waals surface area contributed by atoms with Gasteiger partial charge >= 0.3 is 0 Å². The van der Waals surface area contributed by atoms with Crippen LogP contribution in [0.2, 0.25) is 0 Å². The number of carbonyl (C=O) groups excluding carboxylic acids is 1. The second-order valence-corrected chi connectivity index (χ2v) is 5.02. The average Bonchev–Trinajstić information content (AvgIpc) is 2.75. The molecule has 1 fully saturated rings. The first-order chi connectivity index (χ1) is 8.56. The minimum atomic E-state index is 0.118. The summed E-state index contributed by atoms with van der Waals surface area (Å²) in [7, 11) is 3.86. The van der Waals surface area contributed by atoms with E-state index in [4.69, 9.17) is 5.73 Å². The fourth-order valence-corrected chi connectivity index (χ4v) is 2.30. The Bertz CT molecular complexity index is 418. The summed E-state index contributed by atoms with van der Waals surface area (Å²) in [5, 5.41) is 0. The molecular formula is C13H20N4O. The highest BCUT2D eigenvalue weighted by Gasteiger charge is 2.24. The first-order valence-corrected chi connectivity index (χ1v) is 6.23. The number of nitrogens with two attached hydrogens (primary N) is 1. The third-order valence-corrected chi connectivity index (χ3v) is 3.44. The van der Waals surface area contributed by atoms with E-state index in [-0.39, 0.29) is 5.91 Å². The lowest BCUT2D eigenvalue weighted by molar-refractivity contribution is -0.119. The van der Waals surface area contributed by atoms with Crippen LogP contribution in [0.5, 0.6) is 0 Å². The normalized spacial score (nSPS) is 20.0. The predicted octanol–water partition coefficient (Wildman–Crippen LogP) is 0.968. The van der Waals surface area contributed by atoms with E-state index in [1.165, 1.54) is 0 Å². The highest BCUT2D eigenvalue weighted by molar-refractivity contribution is 5.92. The van der Waals surface area contributed by atoms with Gasteiger partial charge in [0.15, 0.2) is 0 Å². The molecule has 18 heavy (non-hydrogen) atoms. The lowest BCUT2D eigenvalue weighted by Crippen LogP contribution is -2.29. The second-order valence-electron chi connectivity index (χ2n) is 5.02. The molecule has 1 aromatic rings. The Labute approximate surface area is 108 Å². The largest absolute Gasteiger partial charge is 0.397 e. The van der Waals surface area contributed by atoms with E-state index in [0.29, 0.717) is 23.8 Å². The number of pyridine rings is 1. The van der Waals surface area contributed by atoms with E-state index < -0.39 is 0 Å². The van der Waals surface area contributed by atoms with Gasteiger partial charge in [0.2, 0.25) is 5.91 Å². The Kier molecular flexibility index (Phi) is 3.81. The van der Waals surface area contributed by atoms with E-state index in [0.717, 1.165) is 19.5 Å². The van der Waals surface area contributed by atoms with E-state index in [1.54, 1.807) is 30.3 Å². The third-order valence-electron chi connectivity index (χ3n) is 3.44. The number of likely N-dealkylation sites (tertiary alicyclic amines) is 1. The van der Waals surface area contributed by atoms with Gasteiger partial charge < -0.3 is 10.6 Å². The molecule has 0 aromatic carbocycles. The molecular weight excluding hydrogens is 228 g/mol. The molecule has 1 saturated heterocycles. The highest BCUT2D eigenvalue weighted by atomic mass is 16.2. The summed E-state index contributed by atoms with van der Waals surface area (Å²) in [6.45, 7) is 2.09. The van der Waals surface area contributed by atoms with Gasteiger partial charge in [0.1, 0.15) is 5.82 Å². The Morgan fingerprint density at radius 1 is 1.61 bits per heavy atom. The molecule has 5 heteroatoms. The van der Waals surface area contributed by atoms with Crippen LogP contribution in [0.3, 0.4) is 0 Å². The number of amides is 1. The van der Waals surface area contributed by atoms with Gasteiger partial charge in [0.05, 0.1) is 11.9 Å². The minimum Gasteiger partial charge on any atom is -0.397 e. The summed E-state index contributed by atoms with van der Waals surface area (Å²) >= 11 is 0. The number of nitrogen functional groups attached to an aromatic ring is 1. The summed E-state index contributed by atoms with van der Waals surface area (Å²) in [5.41, 5.74) is 6.19. The van der Waals surface area contributed by atoms with Gasteiger partial charge in [0, 0.05) is 20.0 Å². The summed E-state index contributed by atoms with van der Waals surface area (Å²) in [4.78, 5) is 20.2. The number of nitrogens with zero attached hydrogens (tertiary/aromatic N) is 3. The Morgan fingerprint density at radius 2 is 2.39 bits per heavy atom. The number of anilines is 2. The van der Waals surface area contributed by atoms with Gasteiger partial charge in [-0.05, 0) is 38.1 Å². The van der Waals surface area contributed by atoms with E-state index >= 15 is 0 Å². The van der Waals surface area contributed by atoms with Crippen molar-refractivity contribution in [2.45, 2.75) is 12.8 Å². The van der Waals surface area contributed by atoms with Crippen LogP contribution >= 0.6 is 0 Å². The van der Waals surface area contributed by atoms with Crippen molar-refractivity contribution < 1.29 is 4.79 Å². The number of hydrogen-bond donors (Lipinski definition) is 1. The molecule has 2 rings (SSSR count). The zero-order valence-corrected chi connectivity index (χ0v) is 11.0. The quantitative estimate of drug-likeness (QED) is 0.865. The molecule has 1 amide bonds. The van der Waals surface area contributed by atoms with Gasteiger partial charge in [-0.3, -0.25) is 9.69 Å². The van der Waals surface area contributed by atoms with Crippen LogP contribution < -0.4 is 10.6 Å². The van der Waals surface area contributed by atoms with Gasteiger partial charge in [-0.2, -0.15) is 0 Å². The van der Waals surface area contributed by atoms with Crippen LogP contribution in [0.1, 0.15) is 12.8 Å². The fourth-order valence-electron chi connectivity index (χ4n) is 2.30. The summed E-state index contributed by atoms with van der Waals surface area (Å²) in [6.07, 6.45) is 3.26. The highest BCUT2D eigenvalue weighted by Crippen LogP contribution is 2.20. The van der Waals surface area contributed by atoms with Gasteiger partial charge in [-0.15, -0.1) is 0 Å². The van der Waals surface area contributed by atoms with E-state index in [2.05, 4.69) is 16.9 Å². The Morgan fingerprint density at radius 3 is 2.94 bits per heavy atom. The molecule has 0 radical (unpaired) electrons. The standard InChI is InChI=1S/C13H20N4O/c1-16-6-5-10(9-16)7-13(18)17(2)12-4-3-11(14)8-15-12/h3-4,8,10H,5-7,9,14H2,1-2H3. The number of carbonyl (C=O) groups is 1. The molecule has 1 aromatic heterocycles. The van der Waals surface area contributed by atoms with E-state index in [1.807, 2.05) is 0 Å². The molecule has 1 aliphatic rings. The van der Waals surface area contributed by atoms with Gasteiger partial charge in [-0.1, -0.05) is 0 Å². The van der Waals surface area contributed by atoms with Crippen LogP contribution in [-0.4, -0.2) is 43.0 Å². The lowest BCUT2D eigenvalue weighted by Gasteiger charge is -2.18. The molecule has 5 nitrogen and oxygen atoms in total. The molecule has 98 valence electrons. The Hall–Kier alpha value is -1.62. The first kappa shape index (κ1) is 12.8. The van der Waals surface area contributed by atoms with Crippen LogP contribution in [0.15, 0.2) is 18.3 Å². The molecule has 0 saturated carbocycles. The minimum absolute atomic E-state index is 0.118. The molecule has 0 bridgehead atoms. The van der Waals surface area contributed by atoms with Crippen LogP contribution in [0.4, 0.5) is 11.5 Å². The molecule has 1 unspecified atom stereocenters. The smallest absolute Gasteiger partial charge is 0.228 e. The van der Waals surface area contributed by atoms with Crippen LogP contribution in [0, 0.1) is 5.92 Å². The van der Waals surface area contributed by atoms with Crippen LogP contribution in [-0.2, 0) is 4.79 Å². The predicted molar refractivity (Wildman–Crippen MR) is 72.3 cm³/mol. The number of aromatic nitrogens is 1. The van der Waals surface area contributed by atoms with Crippen molar-refractivity contribution in [2.75, 3.05) is 37.8 Å². The number of rotatable bonds is 3. The maximum Gasteiger partial charge on any atom is 0.228 e. The van der Waals surface area contributed by atoms with Crippen LogP contribution in [0.25, 0.3) is 0 Å². The molecule has 1 aliphatic heterocycles. The second kappa shape index (κ2) is 5.35.